The van der Waals surface area contributed by atoms with E-state index in [0.717, 1.165) is 5.57 Å². The van der Waals surface area contributed by atoms with Crippen LogP contribution in [0.4, 0.5) is 14.5 Å². The van der Waals surface area contributed by atoms with Gasteiger partial charge in [-0.3, -0.25) is 10.9 Å². The van der Waals surface area contributed by atoms with Crippen LogP contribution in [0.15, 0.2) is 29.4 Å². The molecule has 1 aromatic rings. The molecule has 0 N–H and O–H groups in total. The van der Waals surface area contributed by atoms with Crippen LogP contribution in [0.1, 0.15) is 33.3 Å². The minimum absolute atomic E-state index is 0. The number of carbonyl (C=O) groups excluding carboxylic acids is 1. The zero-order chi connectivity index (χ0) is 16.2. The molecular weight excluding hydrogens is 332 g/mol. The van der Waals surface area contributed by atoms with Crippen molar-refractivity contribution in [2.24, 2.45) is 5.92 Å². The van der Waals surface area contributed by atoms with E-state index in [9.17, 15) is 13.6 Å². The Morgan fingerprint density at radius 2 is 1.96 bits per heavy atom. The smallest absolute Gasteiger partial charge is 0.182 e. The SMILES string of the molecule is CC1=[C-]C(C)C=C1C(=O)N1c2ccc(c(F)c2F)CC1(C)C.[Ti]. The molecule has 2 bridgehead atoms. The van der Waals surface area contributed by atoms with E-state index in [1.807, 2.05) is 33.8 Å². The van der Waals surface area contributed by atoms with Crippen molar-refractivity contribution in [3.8, 4) is 0 Å². The Bertz CT molecular complexity index is 737. The molecule has 1 atom stereocenters. The molecule has 23 heavy (non-hydrogen) atoms. The van der Waals surface area contributed by atoms with E-state index in [1.54, 1.807) is 6.07 Å². The minimum Gasteiger partial charge on any atom is -0.315 e. The van der Waals surface area contributed by atoms with E-state index in [4.69, 9.17) is 0 Å². The molecule has 0 saturated carbocycles. The van der Waals surface area contributed by atoms with Gasteiger partial charge in [-0.15, -0.1) is 5.57 Å². The van der Waals surface area contributed by atoms with Crippen molar-refractivity contribution in [1.29, 1.82) is 0 Å². The molecular formula is C18H18F2NOTi-. The molecule has 2 aliphatic heterocycles. The van der Waals surface area contributed by atoms with E-state index in [-0.39, 0.29) is 45.7 Å². The largest absolute Gasteiger partial charge is 0.315 e. The fraction of sp³-hybridized carbons (Fsp3) is 0.389. The van der Waals surface area contributed by atoms with Crippen molar-refractivity contribution >= 4 is 11.6 Å². The zero-order valence-electron chi connectivity index (χ0n) is 13.6. The van der Waals surface area contributed by atoms with Gasteiger partial charge in [-0.1, -0.05) is 25.8 Å². The van der Waals surface area contributed by atoms with E-state index in [0.29, 0.717) is 11.1 Å². The van der Waals surface area contributed by atoms with Gasteiger partial charge in [-0.05, 0) is 31.9 Å². The van der Waals surface area contributed by atoms with Gasteiger partial charge in [-0.25, -0.2) is 14.4 Å². The Balaban J connectivity index is 0.00000192. The van der Waals surface area contributed by atoms with Gasteiger partial charge in [-0.2, -0.15) is 6.08 Å². The van der Waals surface area contributed by atoms with Crippen LogP contribution in [-0.2, 0) is 32.9 Å². The number of fused-ring (bicyclic) bond motifs is 4. The maximum absolute atomic E-state index is 14.3. The predicted molar refractivity (Wildman–Crippen MR) is 81.3 cm³/mol. The number of carbonyl (C=O) groups is 1. The number of amides is 1. The summed E-state index contributed by atoms with van der Waals surface area (Å²) in [6.45, 7) is 7.40. The van der Waals surface area contributed by atoms with Gasteiger partial charge in [0.25, 0.3) is 0 Å². The summed E-state index contributed by atoms with van der Waals surface area (Å²) in [4.78, 5) is 14.4. The van der Waals surface area contributed by atoms with Crippen LogP contribution in [0.2, 0.25) is 0 Å². The van der Waals surface area contributed by atoms with Crippen LogP contribution in [0.3, 0.4) is 0 Å². The van der Waals surface area contributed by atoms with Crippen molar-refractivity contribution in [3.63, 3.8) is 0 Å². The first-order valence-electron chi connectivity index (χ1n) is 7.36. The number of hydrogen-bond donors (Lipinski definition) is 0. The number of nitrogens with zero attached hydrogens (tertiary/aromatic N) is 1. The van der Waals surface area contributed by atoms with Crippen molar-refractivity contribution in [3.05, 3.63) is 52.6 Å². The maximum Gasteiger partial charge on any atom is 0.182 e. The average Bonchev–Trinajstić information content (AvgIpc) is 2.65. The predicted octanol–water partition coefficient (Wildman–Crippen LogP) is 3.96. The summed E-state index contributed by atoms with van der Waals surface area (Å²) in [6, 6.07) is 3.05. The van der Waals surface area contributed by atoms with Crippen LogP contribution in [-0.4, -0.2) is 11.4 Å². The van der Waals surface area contributed by atoms with Gasteiger partial charge in [0.2, 0.25) is 0 Å². The van der Waals surface area contributed by atoms with Crippen LogP contribution in [0.5, 0.6) is 0 Å². The number of rotatable bonds is 1. The first-order chi connectivity index (χ1) is 10.2. The zero-order valence-corrected chi connectivity index (χ0v) is 15.2. The van der Waals surface area contributed by atoms with E-state index >= 15 is 0 Å². The van der Waals surface area contributed by atoms with Gasteiger partial charge in [0.15, 0.2) is 17.5 Å². The monoisotopic (exact) mass is 350 g/mol. The molecule has 0 radical (unpaired) electrons. The fourth-order valence-electron chi connectivity index (χ4n) is 3.33. The Morgan fingerprint density at radius 1 is 1.30 bits per heavy atom. The van der Waals surface area contributed by atoms with E-state index in [2.05, 4.69) is 6.08 Å². The fourth-order valence-corrected chi connectivity index (χ4v) is 3.33. The molecule has 1 aromatic carbocycles. The number of benzene rings is 1. The molecule has 0 fully saturated rings. The molecule has 0 saturated heterocycles. The maximum atomic E-state index is 14.3. The average molecular weight is 350 g/mol. The third-order valence-corrected chi connectivity index (χ3v) is 4.31. The van der Waals surface area contributed by atoms with Crippen molar-refractivity contribution in [2.45, 2.75) is 39.7 Å². The molecule has 1 unspecified atom stereocenters. The first-order valence-corrected chi connectivity index (χ1v) is 7.36. The second-order valence-electron chi connectivity index (χ2n) is 6.64. The molecule has 1 amide bonds. The van der Waals surface area contributed by atoms with Crippen molar-refractivity contribution in [2.75, 3.05) is 4.90 Å². The summed E-state index contributed by atoms with van der Waals surface area (Å²) in [5.74, 6) is -2.05. The van der Waals surface area contributed by atoms with Gasteiger partial charge in [0.1, 0.15) is 0 Å². The second kappa shape index (κ2) is 5.99. The third-order valence-electron chi connectivity index (χ3n) is 4.31. The number of anilines is 1. The summed E-state index contributed by atoms with van der Waals surface area (Å²) in [7, 11) is 0. The number of allylic oxidation sites excluding steroid dienone is 2. The minimum atomic E-state index is -0.950. The molecule has 0 aromatic heterocycles. The molecule has 2 heterocycles. The molecule has 3 aliphatic rings. The van der Waals surface area contributed by atoms with Gasteiger partial charge < -0.3 is 4.90 Å². The van der Waals surface area contributed by atoms with Gasteiger partial charge >= 0.3 is 0 Å². The Morgan fingerprint density at radius 3 is 2.52 bits per heavy atom. The topological polar surface area (TPSA) is 20.3 Å². The van der Waals surface area contributed by atoms with Crippen molar-refractivity contribution < 1.29 is 35.3 Å². The van der Waals surface area contributed by atoms with Crippen LogP contribution >= 0.6 is 0 Å². The summed E-state index contributed by atoms with van der Waals surface area (Å²) >= 11 is 0. The van der Waals surface area contributed by atoms with Gasteiger partial charge in [0, 0.05) is 27.3 Å². The van der Waals surface area contributed by atoms with Crippen molar-refractivity contribution in [1.82, 2.24) is 0 Å². The summed E-state index contributed by atoms with van der Waals surface area (Å²) < 4.78 is 28.4. The number of hydrogen-bond acceptors (Lipinski definition) is 1. The molecule has 4 rings (SSSR count). The molecule has 120 valence electrons. The second-order valence-corrected chi connectivity index (χ2v) is 6.64. The standard InChI is InChI=1S/C18H18F2NO.Ti/c1-10-7-11(2)13(8-10)17(22)21-14-6-5-12(9-18(21,3)4)15(19)16(14)20;/h5-6,8,10H,9H2,1-4H3;/q-1;. The van der Waals surface area contributed by atoms with Crippen LogP contribution < -0.4 is 4.90 Å². The third kappa shape index (κ3) is 2.83. The normalized spacial score (nSPS) is 21.5. The molecule has 2 nitrogen and oxygen atoms in total. The van der Waals surface area contributed by atoms with Crippen LogP contribution in [0.25, 0.3) is 0 Å². The summed E-state index contributed by atoms with van der Waals surface area (Å²) in [5.41, 5.74) is 0.874. The quantitative estimate of drug-likeness (QED) is 0.555. The first kappa shape index (κ1) is 18.1. The molecule has 5 heteroatoms. The molecule has 0 spiro atoms. The Labute approximate surface area is 150 Å². The van der Waals surface area contributed by atoms with E-state index in [1.165, 1.54) is 11.0 Å². The van der Waals surface area contributed by atoms with E-state index < -0.39 is 17.2 Å². The van der Waals surface area contributed by atoms with Gasteiger partial charge in [0.05, 0.1) is 5.69 Å². The van der Waals surface area contributed by atoms with Crippen LogP contribution in [0, 0.1) is 23.6 Å². The Kier molecular flexibility index (Phi) is 4.71. The number of halogens is 2. The molecule has 1 aliphatic carbocycles. The summed E-state index contributed by atoms with van der Waals surface area (Å²) in [5, 5.41) is 0. The Hall–Kier alpha value is -1.26. The summed E-state index contributed by atoms with van der Waals surface area (Å²) in [6.07, 6.45) is 5.25.